The lowest BCUT2D eigenvalue weighted by Crippen LogP contribution is -2.55. The van der Waals surface area contributed by atoms with Crippen molar-refractivity contribution in [3.05, 3.63) is 108 Å². The highest BCUT2D eigenvalue weighted by Crippen LogP contribution is 2.38. The third kappa shape index (κ3) is 15.9. The first-order valence-electron chi connectivity index (χ1n) is 21.7. The molecule has 3 aromatic carbocycles. The smallest absolute Gasteiger partial charge is 0.323 e. The molecule has 0 aromatic heterocycles. The van der Waals surface area contributed by atoms with E-state index in [1.54, 1.807) is 0 Å². The van der Waals surface area contributed by atoms with Crippen LogP contribution in [0.1, 0.15) is 160 Å². The number of carbonyl (C=O) groups excluding carboxylic acids is 2. The predicted molar refractivity (Wildman–Crippen MR) is 227 cm³/mol. The molecule has 7 heteroatoms. The fourth-order valence-corrected chi connectivity index (χ4v) is 7.73. The van der Waals surface area contributed by atoms with E-state index >= 15 is 0 Å². The molecule has 7 nitrogen and oxygen atoms in total. The third-order valence-electron chi connectivity index (χ3n) is 11.0. The Hall–Kier alpha value is -3.97. The van der Waals surface area contributed by atoms with Crippen LogP contribution >= 0.6 is 0 Å². The van der Waals surface area contributed by atoms with Crippen LogP contribution in [0.25, 0.3) is 0 Å². The molecule has 0 spiro atoms. The van der Waals surface area contributed by atoms with Gasteiger partial charge in [-0.25, -0.2) is 0 Å². The van der Waals surface area contributed by atoms with E-state index in [1.165, 1.54) is 77.0 Å². The number of hydrogen-bond donors (Lipinski definition) is 2. The Kier molecular flexibility index (Phi) is 22.2. The number of carboxylic acid groups (broad SMARTS) is 1. The Morgan fingerprint density at radius 2 is 1.04 bits per heavy atom. The average Bonchev–Trinajstić information content (AvgIpc) is 3.21. The van der Waals surface area contributed by atoms with Gasteiger partial charge in [-0.15, -0.1) is 0 Å². The van der Waals surface area contributed by atoms with Crippen LogP contribution in [0.5, 0.6) is 0 Å². The highest BCUT2D eigenvalue weighted by molar-refractivity contribution is 5.77. The third-order valence-corrected chi connectivity index (χ3v) is 11.0. The van der Waals surface area contributed by atoms with Gasteiger partial charge in [-0.05, 0) is 35.4 Å². The lowest BCUT2D eigenvalue weighted by molar-refractivity contribution is -0.160. The number of ether oxygens (including phenoxy) is 2. The monoisotopic (exact) mass is 770 g/mol. The van der Waals surface area contributed by atoms with Crippen LogP contribution in [0, 0.1) is 11.8 Å². The maximum Gasteiger partial charge on any atom is 0.323 e. The van der Waals surface area contributed by atoms with Gasteiger partial charge in [0.2, 0.25) is 0 Å². The summed E-state index contributed by atoms with van der Waals surface area (Å²) in [4.78, 5) is 39.1. The molecule has 0 heterocycles. The minimum atomic E-state index is -1.03. The number of benzene rings is 3. The molecular weight excluding hydrogens is 699 g/mol. The molecule has 0 aliphatic heterocycles. The Balaban J connectivity index is 1.56. The molecule has 0 bridgehead atoms. The predicted octanol–water partition coefficient (Wildman–Crippen LogP) is 11.8. The van der Waals surface area contributed by atoms with Crippen LogP contribution in [0.15, 0.2) is 91.0 Å². The molecule has 0 radical (unpaired) electrons. The van der Waals surface area contributed by atoms with E-state index in [0.29, 0.717) is 12.8 Å². The summed E-state index contributed by atoms with van der Waals surface area (Å²) < 4.78 is 11.8. The van der Waals surface area contributed by atoms with Gasteiger partial charge >= 0.3 is 17.9 Å². The van der Waals surface area contributed by atoms with Gasteiger partial charge in [0.15, 0.2) is 0 Å². The molecule has 3 atom stereocenters. The topological polar surface area (TPSA) is 102 Å². The van der Waals surface area contributed by atoms with Crippen molar-refractivity contribution >= 4 is 17.9 Å². The Morgan fingerprint density at radius 1 is 0.625 bits per heavy atom. The highest BCUT2D eigenvalue weighted by Gasteiger charge is 2.41. The second kappa shape index (κ2) is 26.8. The van der Waals surface area contributed by atoms with Gasteiger partial charge in [0.05, 0.1) is 18.6 Å². The van der Waals surface area contributed by atoms with Crippen LogP contribution in [0.3, 0.4) is 0 Å². The van der Waals surface area contributed by atoms with E-state index in [0.717, 1.165) is 36.0 Å². The quantitative estimate of drug-likeness (QED) is 0.0395. The number of hydrogen-bond acceptors (Lipinski definition) is 6. The van der Waals surface area contributed by atoms with Crippen LogP contribution in [0.4, 0.5) is 0 Å². The number of carbonyl (C=O) groups is 3. The average molecular weight is 770 g/mol. The van der Waals surface area contributed by atoms with Crippen LogP contribution in [-0.2, 0) is 29.4 Å². The number of nitrogens with one attached hydrogen (secondary N) is 1. The van der Waals surface area contributed by atoms with Crippen LogP contribution in [0.2, 0.25) is 0 Å². The first kappa shape index (κ1) is 46.4. The van der Waals surface area contributed by atoms with Crippen molar-refractivity contribution in [2.75, 3.05) is 6.61 Å². The molecule has 0 saturated carbocycles. The molecule has 0 amide bonds. The molecule has 0 saturated heterocycles. The summed E-state index contributed by atoms with van der Waals surface area (Å²) in [5, 5.41) is 13.6. The van der Waals surface area contributed by atoms with Crippen LogP contribution in [-0.4, -0.2) is 41.8 Å². The second-order valence-electron chi connectivity index (χ2n) is 15.8. The van der Waals surface area contributed by atoms with E-state index in [1.807, 2.05) is 75.4 Å². The standard InChI is InChI=1S/C49H71NO6/c1-5-7-8-9-10-11-12-13-14-15-16-17-18-19-29-36-46(53)56-44(6-2)40(37-45(51)52)38-55-48(54)47(39(3)4)50-49(41-30-23-20-24-31-41,42-32-25-21-26-33-42)43-34-27-22-28-35-43/h20-28,30-35,39-40,44,47,50H,5-19,29,36-38H2,1-4H3,(H,51,52)/t40?,44?,47-/m0/s1. The summed E-state index contributed by atoms with van der Waals surface area (Å²) in [6.07, 6.45) is 18.5. The van der Waals surface area contributed by atoms with E-state index in [9.17, 15) is 19.5 Å². The van der Waals surface area contributed by atoms with Crippen molar-refractivity contribution in [1.82, 2.24) is 5.32 Å². The maximum atomic E-state index is 14.1. The van der Waals surface area contributed by atoms with Gasteiger partial charge in [0, 0.05) is 12.3 Å². The molecule has 2 N–H and O–H groups in total. The van der Waals surface area contributed by atoms with Gasteiger partial charge < -0.3 is 14.6 Å². The number of carboxylic acids is 1. The fourth-order valence-electron chi connectivity index (χ4n) is 7.73. The number of rotatable bonds is 30. The fraction of sp³-hybridized carbons (Fsp3) is 0.571. The van der Waals surface area contributed by atoms with Gasteiger partial charge in [-0.3, -0.25) is 19.7 Å². The molecule has 2 unspecified atom stereocenters. The first-order valence-corrected chi connectivity index (χ1v) is 21.7. The second-order valence-corrected chi connectivity index (χ2v) is 15.8. The zero-order chi connectivity index (χ0) is 40.4. The summed E-state index contributed by atoms with van der Waals surface area (Å²) in [5.74, 6) is -2.69. The van der Waals surface area contributed by atoms with E-state index in [4.69, 9.17) is 9.47 Å². The molecule has 56 heavy (non-hydrogen) atoms. The van der Waals surface area contributed by atoms with Crippen molar-refractivity contribution in [3.8, 4) is 0 Å². The minimum absolute atomic E-state index is 0.171. The van der Waals surface area contributed by atoms with Crippen molar-refractivity contribution in [1.29, 1.82) is 0 Å². The molecule has 308 valence electrons. The lowest BCUT2D eigenvalue weighted by atomic mass is 9.76. The Morgan fingerprint density at radius 3 is 1.41 bits per heavy atom. The van der Waals surface area contributed by atoms with Crippen molar-refractivity contribution in [2.24, 2.45) is 11.8 Å². The molecule has 0 fully saturated rings. The molecular formula is C49H71NO6. The van der Waals surface area contributed by atoms with Gasteiger partial charge in [-0.1, -0.05) is 209 Å². The lowest BCUT2D eigenvalue weighted by Gasteiger charge is -2.40. The molecule has 0 aliphatic rings. The molecule has 3 rings (SSSR count). The highest BCUT2D eigenvalue weighted by atomic mass is 16.6. The zero-order valence-electron chi connectivity index (χ0n) is 34.9. The normalized spacial score (nSPS) is 13.2. The van der Waals surface area contributed by atoms with Crippen molar-refractivity contribution in [3.63, 3.8) is 0 Å². The summed E-state index contributed by atoms with van der Waals surface area (Å²) >= 11 is 0. The van der Waals surface area contributed by atoms with E-state index in [-0.39, 0.29) is 24.9 Å². The van der Waals surface area contributed by atoms with E-state index < -0.39 is 35.5 Å². The summed E-state index contributed by atoms with van der Waals surface area (Å²) in [7, 11) is 0. The molecule has 0 aliphatic carbocycles. The Labute approximate surface area is 338 Å². The van der Waals surface area contributed by atoms with Gasteiger partial charge in [0.25, 0.3) is 0 Å². The first-order chi connectivity index (χ1) is 27.2. The largest absolute Gasteiger partial charge is 0.481 e. The summed E-state index contributed by atoms with van der Waals surface area (Å²) in [5.41, 5.74) is 2.00. The SMILES string of the molecule is CCCCCCCCCCCCCCCCCC(=O)OC(CC)C(COC(=O)[C@@H](NC(c1ccccc1)(c1ccccc1)c1ccccc1)C(C)C)CC(=O)O. The van der Waals surface area contributed by atoms with Crippen LogP contribution < -0.4 is 5.32 Å². The van der Waals surface area contributed by atoms with Gasteiger partial charge in [0.1, 0.15) is 12.1 Å². The molecule has 3 aromatic rings. The number of unbranched alkanes of at least 4 members (excludes halogenated alkanes) is 14. The summed E-state index contributed by atoms with van der Waals surface area (Å²) in [6.45, 7) is 7.89. The number of esters is 2. The Bertz CT molecular complexity index is 1400. The maximum absolute atomic E-state index is 14.1. The zero-order valence-corrected chi connectivity index (χ0v) is 34.9. The van der Waals surface area contributed by atoms with E-state index in [2.05, 4.69) is 48.6 Å². The summed E-state index contributed by atoms with van der Waals surface area (Å²) in [6, 6.07) is 29.4. The number of aliphatic carboxylic acids is 1. The van der Waals surface area contributed by atoms with Gasteiger partial charge in [-0.2, -0.15) is 0 Å². The van der Waals surface area contributed by atoms with Crippen molar-refractivity contribution < 1.29 is 29.0 Å². The minimum Gasteiger partial charge on any atom is -0.481 e. The van der Waals surface area contributed by atoms with Crippen molar-refractivity contribution in [2.45, 2.75) is 161 Å².